The van der Waals surface area contributed by atoms with E-state index in [4.69, 9.17) is 5.26 Å². The van der Waals surface area contributed by atoms with E-state index in [2.05, 4.69) is 18.2 Å². The summed E-state index contributed by atoms with van der Waals surface area (Å²) in [6.07, 6.45) is 4.17. The van der Waals surface area contributed by atoms with Gasteiger partial charge in [-0.25, -0.2) is 4.90 Å². The Hall–Kier alpha value is -3.97. The van der Waals surface area contributed by atoms with E-state index in [1.54, 1.807) is 24.3 Å². The molecular weight excluding hydrogens is 384 g/mol. The molecule has 4 atom stereocenters. The maximum absolute atomic E-state index is 13.7. The lowest BCUT2D eigenvalue weighted by Crippen LogP contribution is -2.31. The van der Waals surface area contributed by atoms with Gasteiger partial charge in [-0.1, -0.05) is 72.8 Å². The predicted octanol–water partition coefficient (Wildman–Crippen LogP) is 4.80. The van der Waals surface area contributed by atoms with Crippen molar-refractivity contribution in [1.29, 1.82) is 5.26 Å². The summed E-state index contributed by atoms with van der Waals surface area (Å²) in [4.78, 5) is 28.7. The maximum Gasteiger partial charge on any atom is 0.238 e. The molecule has 4 unspecified atom stereocenters. The van der Waals surface area contributed by atoms with Gasteiger partial charge in [0.25, 0.3) is 0 Å². The largest absolute Gasteiger partial charge is 0.274 e. The fourth-order valence-corrected chi connectivity index (χ4v) is 4.87. The van der Waals surface area contributed by atoms with E-state index < -0.39 is 11.8 Å². The quantitative estimate of drug-likeness (QED) is 0.465. The maximum atomic E-state index is 13.7. The first-order chi connectivity index (χ1) is 15.2. The van der Waals surface area contributed by atoms with Crippen LogP contribution in [0.15, 0.2) is 97.1 Å². The van der Waals surface area contributed by atoms with Crippen molar-refractivity contribution in [3.8, 4) is 6.07 Å². The van der Waals surface area contributed by atoms with Crippen LogP contribution in [0.5, 0.6) is 0 Å². The van der Waals surface area contributed by atoms with Gasteiger partial charge in [-0.2, -0.15) is 5.26 Å². The normalized spacial score (nSPS) is 24.7. The molecule has 2 aliphatic rings. The Balaban J connectivity index is 1.61. The monoisotopic (exact) mass is 404 g/mol. The molecule has 150 valence electrons. The lowest BCUT2D eigenvalue weighted by molar-refractivity contribution is -0.122. The lowest BCUT2D eigenvalue weighted by atomic mass is 9.68. The van der Waals surface area contributed by atoms with Crippen molar-refractivity contribution in [2.45, 2.75) is 11.8 Å². The molecule has 1 saturated heterocycles. The van der Waals surface area contributed by atoms with Gasteiger partial charge in [0.1, 0.15) is 0 Å². The zero-order chi connectivity index (χ0) is 21.4. The van der Waals surface area contributed by atoms with Crippen molar-refractivity contribution in [2.75, 3.05) is 4.90 Å². The van der Waals surface area contributed by atoms with Crippen LogP contribution in [0.3, 0.4) is 0 Å². The van der Waals surface area contributed by atoms with Crippen LogP contribution in [0.25, 0.3) is 0 Å². The number of rotatable bonds is 3. The molecular formula is C27H20N2O2. The highest BCUT2D eigenvalue weighted by Gasteiger charge is 2.55. The standard InChI is InChI=1S/C27H20N2O2/c28-17-18-11-13-21(14-12-18)29-26(30)24-22(19-7-3-1-4-8-19)15-16-23(25(24)27(29)31)20-9-5-2-6-10-20/h1-16,22-25H. The van der Waals surface area contributed by atoms with Gasteiger partial charge in [0, 0.05) is 11.8 Å². The van der Waals surface area contributed by atoms with E-state index >= 15 is 0 Å². The molecule has 31 heavy (non-hydrogen) atoms. The smallest absolute Gasteiger partial charge is 0.238 e. The summed E-state index contributed by atoms with van der Waals surface area (Å²) >= 11 is 0. The van der Waals surface area contributed by atoms with Gasteiger partial charge in [0.15, 0.2) is 0 Å². The Morgan fingerprint density at radius 3 is 1.52 bits per heavy atom. The third-order valence-electron chi connectivity index (χ3n) is 6.32. The second kappa shape index (κ2) is 7.70. The summed E-state index contributed by atoms with van der Waals surface area (Å²) in [5, 5.41) is 9.08. The zero-order valence-corrected chi connectivity index (χ0v) is 16.8. The number of hydrogen-bond acceptors (Lipinski definition) is 3. The number of imide groups is 1. The number of fused-ring (bicyclic) bond motifs is 1. The summed E-state index contributed by atoms with van der Waals surface area (Å²) in [6, 6.07) is 28.5. The van der Waals surface area contributed by atoms with Gasteiger partial charge >= 0.3 is 0 Å². The molecule has 0 bridgehead atoms. The Morgan fingerprint density at radius 1 is 0.645 bits per heavy atom. The van der Waals surface area contributed by atoms with Crippen molar-refractivity contribution < 1.29 is 9.59 Å². The van der Waals surface area contributed by atoms with E-state index in [1.807, 2.05) is 60.7 Å². The molecule has 1 aliphatic carbocycles. The van der Waals surface area contributed by atoms with Crippen molar-refractivity contribution >= 4 is 17.5 Å². The number of benzene rings is 3. The topological polar surface area (TPSA) is 61.2 Å². The van der Waals surface area contributed by atoms with Crippen molar-refractivity contribution in [3.63, 3.8) is 0 Å². The van der Waals surface area contributed by atoms with Gasteiger partial charge < -0.3 is 0 Å². The van der Waals surface area contributed by atoms with E-state index in [-0.39, 0.29) is 23.7 Å². The van der Waals surface area contributed by atoms with Gasteiger partial charge in [-0.05, 0) is 35.4 Å². The minimum Gasteiger partial charge on any atom is -0.274 e. The molecule has 3 aromatic carbocycles. The van der Waals surface area contributed by atoms with Crippen molar-refractivity contribution in [2.24, 2.45) is 11.8 Å². The number of carbonyl (C=O) groups is 2. The summed E-state index contributed by atoms with van der Waals surface area (Å²) in [5.74, 6) is -1.63. The van der Waals surface area contributed by atoms with Crippen molar-refractivity contribution in [3.05, 3.63) is 114 Å². The highest BCUT2D eigenvalue weighted by atomic mass is 16.2. The van der Waals surface area contributed by atoms with Gasteiger partial charge in [-0.3, -0.25) is 9.59 Å². The molecule has 0 spiro atoms. The molecule has 1 heterocycles. The highest BCUT2D eigenvalue weighted by Crippen LogP contribution is 2.50. The number of amides is 2. The van der Waals surface area contributed by atoms with E-state index in [0.29, 0.717) is 11.3 Å². The first kappa shape index (κ1) is 19.0. The van der Waals surface area contributed by atoms with Crippen LogP contribution in [0.1, 0.15) is 28.5 Å². The molecule has 0 N–H and O–H groups in total. The van der Waals surface area contributed by atoms with E-state index in [1.165, 1.54) is 4.90 Å². The predicted molar refractivity (Wildman–Crippen MR) is 118 cm³/mol. The Kier molecular flexibility index (Phi) is 4.72. The van der Waals surface area contributed by atoms with Crippen molar-refractivity contribution in [1.82, 2.24) is 0 Å². The molecule has 4 heteroatoms. The molecule has 0 radical (unpaired) electrons. The molecule has 3 aromatic rings. The van der Waals surface area contributed by atoms with Gasteiger partial charge in [-0.15, -0.1) is 0 Å². The van der Waals surface area contributed by atoms with Crippen LogP contribution in [0.2, 0.25) is 0 Å². The van der Waals surface area contributed by atoms with E-state index in [0.717, 1.165) is 11.1 Å². The average molecular weight is 404 g/mol. The fraction of sp³-hybridized carbons (Fsp3) is 0.148. The number of allylic oxidation sites excluding steroid dienone is 2. The molecule has 1 fully saturated rings. The molecule has 5 rings (SSSR count). The summed E-state index contributed by atoms with van der Waals surface area (Å²) in [6.45, 7) is 0. The third kappa shape index (κ3) is 3.15. The SMILES string of the molecule is N#Cc1ccc(N2C(=O)C3C(c4ccccc4)C=CC(c4ccccc4)C3C2=O)cc1. The highest BCUT2D eigenvalue weighted by molar-refractivity contribution is 6.23. The number of carbonyl (C=O) groups excluding carboxylic acids is 2. The molecule has 4 nitrogen and oxygen atoms in total. The summed E-state index contributed by atoms with van der Waals surface area (Å²) < 4.78 is 0. The number of nitriles is 1. The average Bonchev–Trinajstić information content (AvgIpc) is 3.10. The van der Waals surface area contributed by atoms with Crippen LogP contribution in [-0.4, -0.2) is 11.8 Å². The van der Waals surface area contributed by atoms with E-state index in [9.17, 15) is 9.59 Å². The van der Waals surface area contributed by atoms with Gasteiger partial charge in [0.2, 0.25) is 11.8 Å². The van der Waals surface area contributed by atoms with Crippen LogP contribution in [0.4, 0.5) is 5.69 Å². The Labute approximate surface area is 181 Å². The third-order valence-corrected chi connectivity index (χ3v) is 6.32. The number of hydrogen-bond donors (Lipinski definition) is 0. The fourth-order valence-electron chi connectivity index (χ4n) is 4.87. The Morgan fingerprint density at radius 2 is 1.10 bits per heavy atom. The Bertz CT molecular complexity index is 1130. The molecule has 1 aliphatic heterocycles. The second-order valence-corrected chi connectivity index (χ2v) is 7.98. The lowest BCUT2D eigenvalue weighted by Gasteiger charge is -2.32. The number of anilines is 1. The van der Waals surface area contributed by atoms with Crippen LogP contribution >= 0.6 is 0 Å². The number of nitrogens with zero attached hydrogens (tertiary/aromatic N) is 2. The zero-order valence-electron chi connectivity index (χ0n) is 16.8. The minimum atomic E-state index is -0.472. The van der Waals surface area contributed by atoms with Gasteiger partial charge in [0.05, 0.1) is 29.2 Å². The minimum absolute atomic E-state index is 0.161. The summed E-state index contributed by atoms with van der Waals surface area (Å²) in [7, 11) is 0. The van der Waals surface area contributed by atoms with Crippen LogP contribution in [0, 0.1) is 23.2 Å². The molecule has 2 amide bonds. The molecule has 0 aromatic heterocycles. The van der Waals surface area contributed by atoms with Crippen LogP contribution < -0.4 is 4.90 Å². The second-order valence-electron chi connectivity index (χ2n) is 7.98. The van der Waals surface area contributed by atoms with Crippen LogP contribution in [-0.2, 0) is 9.59 Å². The first-order valence-corrected chi connectivity index (χ1v) is 10.4. The first-order valence-electron chi connectivity index (χ1n) is 10.4. The molecule has 0 saturated carbocycles. The summed E-state index contributed by atoms with van der Waals surface area (Å²) in [5.41, 5.74) is 3.07.